The van der Waals surface area contributed by atoms with Crippen LogP contribution in [0.3, 0.4) is 0 Å². The molecule has 0 aliphatic rings. The molecule has 0 aliphatic carbocycles. The lowest BCUT2D eigenvalue weighted by molar-refractivity contribution is -0.274. The number of carbonyl (C=O) groups excluding carboxylic acids is 1. The first-order chi connectivity index (χ1) is 7.92. The predicted molar refractivity (Wildman–Crippen MR) is 55.8 cm³/mol. The third kappa shape index (κ3) is 4.62. The molecule has 0 unspecified atom stereocenters. The standard InChI is InChI=1S/C10H11F3N2O2/c1-2-14-9(16)15-7-5-3-4-6-8(7)17-10(11,12)13/h3-6H,2H2,1H3,(H2,14,15,16). The van der Waals surface area contributed by atoms with Crippen LogP contribution in [0.2, 0.25) is 0 Å². The summed E-state index contributed by atoms with van der Waals surface area (Å²) in [6.45, 7) is 2.06. The minimum absolute atomic E-state index is 0.0456. The van der Waals surface area contributed by atoms with E-state index in [-0.39, 0.29) is 5.69 Å². The second kappa shape index (κ2) is 5.42. The van der Waals surface area contributed by atoms with Crippen molar-refractivity contribution in [2.75, 3.05) is 11.9 Å². The zero-order chi connectivity index (χ0) is 12.9. The first-order valence-electron chi connectivity index (χ1n) is 4.82. The average Bonchev–Trinajstić information content (AvgIpc) is 2.19. The molecular weight excluding hydrogens is 237 g/mol. The molecular formula is C10H11F3N2O2. The Balaban J connectivity index is 2.81. The van der Waals surface area contributed by atoms with Gasteiger partial charge in [-0.25, -0.2) is 4.79 Å². The number of anilines is 1. The van der Waals surface area contributed by atoms with Gasteiger partial charge in [0.1, 0.15) is 0 Å². The molecule has 0 heterocycles. The Bertz CT molecular complexity index is 393. The molecule has 1 aromatic rings. The Hall–Kier alpha value is -1.92. The number of carbonyl (C=O) groups is 1. The first kappa shape index (κ1) is 13.1. The van der Waals surface area contributed by atoms with Gasteiger partial charge in [-0.3, -0.25) is 0 Å². The van der Waals surface area contributed by atoms with Crippen LogP contribution in [0, 0.1) is 0 Å². The zero-order valence-corrected chi connectivity index (χ0v) is 8.97. The summed E-state index contributed by atoms with van der Waals surface area (Å²) in [5.41, 5.74) is -0.0456. The van der Waals surface area contributed by atoms with Crippen LogP contribution in [0.1, 0.15) is 6.92 Å². The second-order valence-electron chi connectivity index (χ2n) is 3.03. The van der Waals surface area contributed by atoms with Crippen LogP contribution in [0.4, 0.5) is 23.7 Å². The van der Waals surface area contributed by atoms with Gasteiger partial charge in [0.05, 0.1) is 5.69 Å². The van der Waals surface area contributed by atoms with Gasteiger partial charge in [-0.2, -0.15) is 0 Å². The van der Waals surface area contributed by atoms with Crippen molar-refractivity contribution in [2.45, 2.75) is 13.3 Å². The maximum Gasteiger partial charge on any atom is 0.573 e. The molecule has 0 aliphatic heterocycles. The van der Waals surface area contributed by atoms with E-state index in [9.17, 15) is 18.0 Å². The van der Waals surface area contributed by atoms with Gasteiger partial charge in [0, 0.05) is 6.54 Å². The molecule has 0 saturated heterocycles. The molecule has 0 radical (unpaired) electrons. The van der Waals surface area contributed by atoms with Gasteiger partial charge in [-0.05, 0) is 19.1 Å². The number of halogens is 3. The molecule has 4 nitrogen and oxygen atoms in total. The summed E-state index contributed by atoms with van der Waals surface area (Å²) >= 11 is 0. The van der Waals surface area contributed by atoms with Gasteiger partial charge in [-0.15, -0.1) is 13.2 Å². The molecule has 17 heavy (non-hydrogen) atoms. The van der Waals surface area contributed by atoms with Gasteiger partial charge in [0.15, 0.2) is 5.75 Å². The molecule has 0 spiro atoms. The number of hydrogen-bond acceptors (Lipinski definition) is 2. The molecule has 2 N–H and O–H groups in total. The molecule has 2 amide bonds. The normalized spacial score (nSPS) is 10.8. The van der Waals surface area contributed by atoms with E-state index in [1.54, 1.807) is 6.92 Å². The van der Waals surface area contributed by atoms with E-state index in [1.165, 1.54) is 18.2 Å². The predicted octanol–water partition coefficient (Wildman–Crippen LogP) is 2.73. The Kier molecular flexibility index (Phi) is 4.19. The maximum atomic E-state index is 12.1. The second-order valence-corrected chi connectivity index (χ2v) is 3.03. The highest BCUT2D eigenvalue weighted by atomic mass is 19.4. The van der Waals surface area contributed by atoms with Gasteiger partial charge >= 0.3 is 12.4 Å². The summed E-state index contributed by atoms with van der Waals surface area (Å²) in [5.74, 6) is -0.453. The zero-order valence-electron chi connectivity index (χ0n) is 8.97. The fourth-order valence-corrected chi connectivity index (χ4v) is 1.11. The molecule has 0 aromatic heterocycles. The Morgan fingerprint density at radius 3 is 2.59 bits per heavy atom. The quantitative estimate of drug-likeness (QED) is 0.864. The summed E-state index contributed by atoms with van der Waals surface area (Å²) in [6, 6.07) is 4.71. The Morgan fingerprint density at radius 2 is 2.00 bits per heavy atom. The monoisotopic (exact) mass is 248 g/mol. The van der Waals surface area contributed by atoms with E-state index >= 15 is 0 Å². The van der Waals surface area contributed by atoms with Gasteiger partial charge in [0.2, 0.25) is 0 Å². The molecule has 1 rings (SSSR count). The van der Waals surface area contributed by atoms with Crippen molar-refractivity contribution in [1.82, 2.24) is 5.32 Å². The summed E-state index contributed by atoms with van der Waals surface area (Å²) in [7, 11) is 0. The van der Waals surface area contributed by atoms with Crippen molar-refractivity contribution in [3.8, 4) is 5.75 Å². The minimum Gasteiger partial charge on any atom is -0.404 e. The molecule has 0 fully saturated rings. The van der Waals surface area contributed by atoms with E-state index in [4.69, 9.17) is 0 Å². The van der Waals surface area contributed by atoms with Crippen LogP contribution < -0.4 is 15.4 Å². The Morgan fingerprint density at radius 1 is 1.35 bits per heavy atom. The van der Waals surface area contributed by atoms with E-state index < -0.39 is 18.1 Å². The Labute approximate surface area is 95.8 Å². The molecule has 0 saturated carbocycles. The number of para-hydroxylation sites is 2. The van der Waals surface area contributed by atoms with Gasteiger partial charge in [0.25, 0.3) is 0 Å². The topological polar surface area (TPSA) is 50.4 Å². The van der Waals surface area contributed by atoms with E-state index in [0.29, 0.717) is 6.54 Å². The largest absolute Gasteiger partial charge is 0.573 e. The number of ether oxygens (including phenoxy) is 1. The number of urea groups is 1. The molecule has 94 valence electrons. The van der Waals surface area contributed by atoms with Crippen molar-refractivity contribution in [3.05, 3.63) is 24.3 Å². The van der Waals surface area contributed by atoms with Crippen molar-refractivity contribution < 1.29 is 22.7 Å². The van der Waals surface area contributed by atoms with Crippen LogP contribution in [0.25, 0.3) is 0 Å². The molecule has 0 atom stereocenters. The van der Waals surface area contributed by atoms with Crippen molar-refractivity contribution >= 4 is 11.7 Å². The highest BCUT2D eigenvalue weighted by Crippen LogP contribution is 2.29. The van der Waals surface area contributed by atoms with Crippen LogP contribution in [-0.4, -0.2) is 18.9 Å². The summed E-state index contributed by atoms with van der Waals surface area (Å²) < 4.78 is 39.9. The first-order valence-corrected chi connectivity index (χ1v) is 4.82. The molecule has 0 bridgehead atoms. The third-order valence-corrected chi connectivity index (χ3v) is 1.70. The highest BCUT2D eigenvalue weighted by Gasteiger charge is 2.32. The molecule has 7 heteroatoms. The van der Waals surface area contributed by atoms with Crippen LogP contribution in [0.15, 0.2) is 24.3 Å². The lowest BCUT2D eigenvalue weighted by atomic mass is 10.3. The molecule has 1 aromatic carbocycles. The lowest BCUT2D eigenvalue weighted by Gasteiger charge is -2.13. The van der Waals surface area contributed by atoms with Crippen LogP contribution in [-0.2, 0) is 0 Å². The highest BCUT2D eigenvalue weighted by molar-refractivity contribution is 5.90. The van der Waals surface area contributed by atoms with Gasteiger partial charge in [-0.1, -0.05) is 12.1 Å². The van der Waals surface area contributed by atoms with Crippen molar-refractivity contribution in [1.29, 1.82) is 0 Å². The number of hydrogen-bond donors (Lipinski definition) is 2. The summed E-state index contributed by atoms with van der Waals surface area (Å²) in [4.78, 5) is 11.2. The minimum atomic E-state index is -4.79. The van der Waals surface area contributed by atoms with Crippen LogP contribution >= 0.6 is 0 Å². The van der Waals surface area contributed by atoms with Crippen molar-refractivity contribution in [3.63, 3.8) is 0 Å². The fourth-order valence-electron chi connectivity index (χ4n) is 1.11. The lowest BCUT2D eigenvalue weighted by Crippen LogP contribution is -2.28. The number of nitrogens with one attached hydrogen (secondary N) is 2. The number of rotatable bonds is 3. The van der Waals surface area contributed by atoms with E-state index in [1.807, 2.05) is 0 Å². The van der Waals surface area contributed by atoms with E-state index in [2.05, 4.69) is 15.4 Å². The summed E-state index contributed by atoms with van der Waals surface area (Å²) in [6.07, 6.45) is -4.79. The number of alkyl halides is 3. The summed E-state index contributed by atoms with van der Waals surface area (Å²) in [5, 5.41) is 4.66. The smallest absolute Gasteiger partial charge is 0.404 e. The van der Waals surface area contributed by atoms with Gasteiger partial charge < -0.3 is 15.4 Å². The number of amides is 2. The van der Waals surface area contributed by atoms with E-state index in [0.717, 1.165) is 6.07 Å². The SMILES string of the molecule is CCNC(=O)Nc1ccccc1OC(F)(F)F. The van der Waals surface area contributed by atoms with Crippen molar-refractivity contribution in [2.24, 2.45) is 0 Å². The van der Waals surface area contributed by atoms with Crippen LogP contribution in [0.5, 0.6) is 5.75 Å². The fraction of sp³-hybridized carbons (Fsp3) is 0.300. The maximum absolute atomic E-state index is 12.1. The third-order valence-electron chi connectivity index (χ3n) is 1.70. The number of benzene rings is 1. The average molecular weight is 248 g/mol.